The van der Waals surface area contributed by atoms with Gasteiger partial charge in [-0.3, -0.25) is 9.59 Å². The van der Waals surface area contributed by atoms with Crippen molar-refractivity contribution in [3.05, 3.63) is 94.3 Å². The van der Waals surface area contributed by atoms with E-state index in [4.69, 9.17) is 0 Å². The van der Waals surface area contributed by atoms with E-state index in [1.54, 1.807) is 0 Å². The minimum Gasteiger partial charge on any atom is -0.362 e. The van der Waals surface area contributed by atoms with Gasteiger partial charge in [0.2, 0.25) is 11.8 Å². The first-order chi connectivity index (χ1) is 14.0. The van der Waals surface area contributed by atoms with Gasteiger partial charge in [0.1, 0.15) is 0 Å². The van der Waals surface area contributed by atoms with Crippen LogP contribution >= 0.6 is 0 Å². The maximum atomic E-state index is 12.9. The summed E-state index contributed by atoms with van der Waals surface area (Å²) in [7, 11) is 0. The van der Waals surface area contributed by atoms with Crippen LogP contribution in [0, 0.1) is 5.92 Å². The molecule has 1 aliphatic heterocycles. The lowest BCUT2D eigenvalue weighted by Gasteiger charge is -2.28. The van der Waals surface area contributed by atoms with Gasteiger partial charge in [-0.05, 0) is 25.0 Å². The van der Waals surface area contributed by atoms with Crippen molar-refractivity contribution < 1.29 is 9.59 Å². The van der Waals surface area contributed by atoms with Crippen LogP contribution in [0.25, 0.3) is 0 Å². The fraction of sp³-hybridized carbons (Fsp3) is 0.250. The van der Waals surface area contributed by atoms with Gasteiger partial charge >= 0.3 is 0 Å². The molecular formula is C24H27N3O2. The van der Waals surface area contributed by atoms with Gasteiger partial charge in [-0.1, -0.05) is 67.6 Å². The Bertz CT molecular complexity index is 869. The van der Waals surface area contributed by atoms with E-state index in [2.05, 4.69) is 16.0 Å². The zero-order valence-corrected chi connectivity index (χ0v) is 17.1. The Morgan fingerprint density at radius 2 is 1.14 bits per heavy atom. The van der Waals surface area contributed by atoms with Crippen molar-refractivity contribution in [2.24, 2.45) is 5.92 Å². The van der Waals surface area contributed by atoms with Crippen molar-refractivity contribution in [1.29, 1.82) is 0 Å². The average molecular weight is 389 g/mol. The van der Waals surface area contributed by atoms with E-state index in [9.17, 15) is 9.59 Å². The van der Waals surface area contributed by atoms with E-state index in [-0.39, 0.29) is 17.7 Å². The van der Waals surface area contributed by atoms with Crippen LogP contribution in [0.15, 0.2) is 83.2 Å². The second kappa shape index (κ2) is 9.24. The minimum atomic E-state index is -0.303. The molecule has 29 heavy (non-hydrogen) atoms. The molecule has 1 aliphatic rings. The van der Waals surface area contributed by atoms with E-state index >= 15 is 0 Å². The molecule has 1 heterocycles. The monoisotopic (exact) mass is 389 g/mol. The maximum Gasteiger partial charge on any atom is 0.249 e. The van der Waals surface area contributed by atoms with E-state index < -0.39 is 0 Å². The number of nitrogens with one attached hydrogen (secondary N) is 3. The molecule has 5 nitrogen and oxygen atoms in total. The number of amides is 2. The predicted octanol–water partition coefficient (Wildman–Crippen LogP) is 3.41. The SMILES string of the molecule is CC1=C(C(=O)NCc2ccccc2)C(C)C(C(=O)NCc2ccccc2)=C(C)N1. The van der Waals surface area contributed by atoms with Crippen LogP contribution in [0.3, 0.4) is 0 Å². The molecule has 5 heteroatoms. The Balaban J connectivity index is 1.69. The summed E-state index contributed by atoms with van der Waals surface area (Å²) in [6.45, 7) is 6.54. The summed E-state index contributed by atoms with van der Waals surface area (Å²) in [5.74, 6) is -0.623. The van der Waals surface area contributed by atoms with Gasteiger partial charge in [-0.15, -0.1) is 0 Å². The molecule has 0 saturated heterocycles. The largest absolute Gasteiger partial charge is 0.362 e. The van der Waals surface area contributed by atoms with Crippen LogP contribution < -0.4 is 16.0 Å². The van der Waals surface area contributed by atoms with Crippen molar-refractivity contribution in [3.63, 3.8) is 0 Å². The second-order valence-corrected chi connectivity index (χ2v) is 7.26. The standard InChI is InChI=1S/C24H27N3O2/c1-16-21(23(28)25-14-19-10-6-4-7-11-19)17(2)27-18(3)22(16)24(29)26-15-20-12-8-5-9-13-20/h4-13,16,27H,14-15H2,1-3H3,(H,25,28)(H,26,29). The Hall–Kier alpha value is -3.34. The first-order valence-corrected chi connectivity index (χ1v) is 9.80. The molecule has 2 aromatic carbocycles. The first-order valence-electron chi connectivity index (χ1n) is 9.80. The highest BCUT2D eigenvalue weighted by Gasteiger charge is 2.31. The molecule has 0 aromatic heterocycles. The van der Waals surface area contributed by atoms with Crippen LogP contribution in [-0.4, -0.2) is 11.8 Å². The third-order valence-electron chi connectivity index (χ3n) is 5.13. The molecule has 0 radical (unpaired) electrons. The Labute approximate surface area is 171 Å². The summed E-state index contributed by atoms with van der Waals surface area (Å²) >= 11 is 0. The fourth-order valence-corrected chi connectivity index (χ4v) is 3.69. The molecule has 2 aromatic rings. The number of carbonyl (C=O) groups excluding carboxylic acids is 2. The van der Waals surface area contributed by atoms with Gasteiger partial charge in [-0.25, -0.2) is 0 Å². The normalized spacial score (nSPS) is 14.4. The quantitative estimate of drug-likeness (QED) is 0.709. The Morgan fingerprint density at radius 3 is 1.52 bits per heavy atom. The predicted molar refractivity (Wildman–Crippen MR) is 114 cm³/mol. The Morgan fingerprint density at radius 1 is 0.759 bits per heavy atom. The van der Waals surface area contributed by atoms with Gasteiger partial charge in [-0.2, -0.15) is 0 Å². The lowest BCUT2D eigenvalue weighted by molar-refractivity contribution is -0.118. The summed E-state index contributed by atoms with van der Waals surface area (Å²) in [5.41, 5.74) is 4.80. The molecule has 0 bridgehead atoms. The highest BCUT2D eigenvalue weighted by atomic mass is 16.2. The topological polar surface area (TPSA) is 70.2 Å². The number of hydrogen-bond acceptors (Lipinski definition) is 3. The number of rotatable bonds is 6. The number of allylic oxidation sites excluding steroid dienone is 2. The smallest absolute Gasteiger partial charge is 0.249 e. The van der Waals surface area contributed by atoms with Crippen LogP contribution in [0.2, 0.25) is 0 Å². The highest BCUT2D eigenvalue weighted by molar-refractivity contribution is 6.01. The molecule has 0 atom stereocenters. The summed E-state index contributed by atoms with van der Waals surface area (Å²) in [5, 5.41) is 9.15. The first kappa shape index (κ1) is 20.4. The van der Waals surface area contributed by atoms with E-state index in [0.717, 1.165) is 22.5 Å². The molecular weight excluding hydrogens is 362 g/mol. The van der Waals surface area contributed by atoms with Gasteiger partial charge < -0.3 is 16.0 Å². The summed E-state index contributed by atoms with van der Waals surface area (Å²) in [6, 6.07) is 19.5. The second-order valence-electron chi connectivity index (χ2n) is 7.26. The van der Waals surface area contributed by atoms with Crippen LogP contribution in [0.5, 0.6) is 0 Å². The van der Waals surface area contributed by atoms with Crippen molar-refractivity contribution >= 4 is 11.8 Å². The van der Waals surface area contributed by atoms with Gasteiger partial charge in [0.05, 0.1) is 0 Å². The number of hydrogen-bond donors (Lipinski definition) is 3. The molecule has 150 valence electrons. The van der Waals surface area contributed by atoms with Gasteiger partial charge in [0.25, 0.3) is 0 Å². The summed E-state index contributed by atoms with van der Waals surface area (Å²) in [4.78, 5) is 25.8. The van der Waals surface area contributed by atoms with Crippen molar-refractivity contribution in [2.75, 3.05) is 0 Å². The summed E-state index contributed by atoms with van der Waals surface area (Å²) in [6.07, 6.45) is 0. The molecule has 2 amide bonds. The highest BCUT2D eigenvalue weighted by Crippen LogP contribution is 2.29. The number of benzene rings is 2. The van der Waals surface area contributed by atoms with E-state index in [1.165, 1.54) is 0 Å². The maximum absolute atomic E-state index is 12.9. The lowest BCUT2D eigenvalue weighted by Crippen LogP contribution is -2.38. The lowest BCUT2D eigenvalue weighted by atomic mass is 9.86. The minimum absolute atomic E-state index is 0.160. The van der Waals surface area contributed by atoms with Crippen LogP contribution in [0.4, 0.5) is 0 Å². The third kappa shape index (κ3) is 4.93. The van der Waals surface area contributed by atoms with E-state index in [0.29, 0.717) is 24.2 Å². The van der Waals surface area contributed by atoms with Gasteiger partial charge in [0, 0.05) is 41.5 Å². The van der Waals surface area contributed by atoms with Crippen molar-refractivity contribution in [3.8, 4) is 0 Å². The fourth-order valence-electron chi connectivity index (χ4n) is 3.69. The molecule has 0 spiro atoms. The molecule has 3 N–H and O–H groups in total. The van der Waals surface area contributed by atoms with E-state index in [1.807, 2.05) is 81.4 Å². The molecule has 0 saturated carbocycles. The van der Waals surface area contributed by atoms with Crippen molar-refractivity contribution in [2.45, 2.75) is 33.9 Å². The molecule has 3 rings (SSSR count). The molecule has 0 fully saturated rings. The average Bonchev–Trinajstić information content (AvgIpc) is 2.72. The third-order valence-corrected chi connectivity index (χ3v) is 5.13. The molecule has 0 unspecified atom stereocenters. The Kier molecular flexibility index (Phi) is 6.50. The van der Waals surface area contributed by atoms with Crippen molar-refractivity contribution in [1.82, 2.24) is 16.0 Å². The summed E-state index contributed by atoms with van der Waals surface area (Å²) < 4.78 is 0. The zero-order chi connectivity index (χ0) is 20.8. The number of dihydropyridines is 1. The van der Waals surface area contributed by atoms with Crippen LogP contribution in [0.1, 0.15) is 31.9 Å². The zero-order valence-electron chi connectivity index (χ0n) is 17.1. The van der Waals surface area contributed by atoms with Gasteiger partial charge in [0.15, 0.2) is 0 Å². The number of carbonyl (C=O) groups is 2. The van der Waals surface area contributed by atoms with Crippen LogP contribution in [-0.2, 0) is 22.7 Å². The molecule has 0 aliphatic carbocycles.